The molecule has 2 aromatic rings. The number of nitrogens with zero attached hydrogens (tertiary/aromatic N) is 1. The van der Waals surface area contributed by atoms with E-state index in [-0.39, 0.29) is 16.8 Å². The van der Waals surface area contributed by atoms with Gasteiger partial charge in [-0.25, -0.2) is 13.1 Å². The Kier molecular flexibility index (Phi) is 5.51. The zero-order chi connectivity index (χ0) is 19.6. The fraction of sp³-hybridized carbons (Fsp3) is 0.409. The van der Waals surface area contributed by atoms with E-state index in [4.69, 9.17) is 0 Å². The SMILES string of the molecule is O=C(CCc1ccc(S(=O)(=O)NC2CC2)cc1)N(Cc1ccccc1)C1CC1. The average molecular weight is 399 g/mol. The summed E-state index contributed by atoms with van der Waals surface area (Å²) in [7, 11) is -3.42. The van der Waals surface area contributed by atoms with Gasteiger partial charge in [0.2, 0.25) is 15.9 Å². The Balaban J connectivity index is 1.34. The average Bonchev–Trinajstić information content (AvgIpc) is 3.60. The Bertz CT molecular complexity index is 918. The van der Waals surface area contributed by atoms with Crippen molar-refractivity contribution in [3.8, 4) is 0 Å². The lowest BCUT2D eigenvalue weighted by Gasteiger charge is -2.22. The second-order valence-electron chi connectivity index (χ2n) is 7.78. The van der Waals surface area contributed by atoms with E-state index in [1.54, 1.807) is 12.1 Å². The molecule has 2 saturated carbocycles. The Hall–Kier alpha value is -2.18. The molecule has 148 valence electrons. The number of carbonyl (C=O) groups excluding carboxylic acids is 1. The molecular formula is C22H26N2O3S. The van der Waals surface area contributed by atoms with Crippen molar-refractivity contribution in [2.24, 2.45) is 0 Å². The van der Waals surface area contributed by atoms with Gasteiger partial charge >= 0.3 is 0 Å². The Morgan fingerprint density at radius 3 is 2.21 bits per heavy atom. The summed E-state index contributed by atoms with van der Waals surface area (Å²) >= 11 is 0. The van der Waals surface area contributed by atoms with Crippen LogP contribution in [-0.2, 0) is 27.8 Å². The summed E-state index contributed by atoms with van der Waals surface area (Å²) in [5.41, 5.74) is 2.13. The minimum Gasteiger partial charge on any atom is -0.335 e. The first kappa shape index (κ1) is 19.2. The molecule has 1 amide bonds. The summed E-state index contributed by atoms with van der Waals surface area (Å²) in [5, 5.41) is 0. The van der Waals surface area contributed by atoms with Gasteiger partial charge in [-0.15, -0.1) is 0 Å². The van der Waals surface area contributed by atoms with Crippen LogP contribution in [-0.4, -0.2) is 31.3 Å². The van der Waals surface area contributed by atoms with Crippen LogP contribution < -0.4 is 4.72 Å². The first-order valence-electron chi connectivity index (χ1n) is 9.96. The Morgan fingerprint density at radius 2 is 1.61 bits per heavy atom. The van der Waals surface area contributed by atoms with Gasteiger partial charge in [0, 0.05) is 25.0 Å². The predicted octanol–water partition coefficient (Wildman–Crippen LogP) is 3.25. The third-order valence-corrected chi connectivity index (χ3v) is 6.80. The van der Waals surface area contributed by atoms with Crippen molar-refractivity contribution in [2.75, 3.05) is 0 Å². The van der Waals surface area contributed by atoms with Crippen molar-refractivity contribution in [1.29, 1.82) is 0 Å². The van der Waals surface area contributed by atoms with Crippen LogP contribution >= 0.6 is 0 Å². The number of rotatable bonds is 9. The number of hydrogen-bond donors (Lipinski definition) is 1. The van der Waals surface area contributed by atoms with Gasteiger partial charge in [0.05, 0.1) is 4.90 Å². The van der Waals surface area contributed by atoms with Gasteiger partial charge in [0.25, 0.3) is 0 Å². The summed E-state index contributed by atoms with van der Waals surface area (Å²) in [5.74, 6) is 0.165. The number of nitrogens with one attached hydrogen (secondary N) is 1. The molecule has 0 heterocycles. The first-order chi connectivity index (χ1) is 13.5. The molecule has 4 rings (SSSR count). The van der Waals surface area contributed by atoms with Crippen molar-refractivity contribution in [3.63, 3.8) is 0 Å². The van der Waals surface area contributed by atoms with E-state index < -0.39 is 10.0 Å². The maximum absolute atomic E-state index is 12.8. The minimum absolute atomic E-state index is 0.0975. The molecule has 0 spiro atoms. The van der Waals surface area contributed by atoms with Gasteiger partial charge < -0.3 is 4.90 Å². The minimum atomic E-state index is -3.42. The van der Waals surface area contributed by atoms with Crippen molar-refractivity contribution in [1.82, 2.24) is 9.62 Å². The van der Waals surface area contributed by atoms with Gasteiger partial charge in [-0.2, -0.15) is 0 Å². The summed E-state index contributed by atoms with van der Waals surface area (Å²) in [6.07, 6.45) is 5.06. The molecule has 0 atom stereocenters. The molecule has 0 bridgehead atoms. The number of aryl methyl sites for hydroxylation is 1. The second kappa shape index (κ2) is 8.05. The van der Waals surface area contributed by atoms with Crippen LogP contribution in [0.3, 0.4) is 0 Å². The number of amides is 1. The molecule has 2 aromatic carbocycles. The fourth-order valence-corrected chi connectivity index (χ4v) is 4.61. The first-order valence-corrected chi connectivity index (χ1v) is 11.4. The molecule has 6 heteroatoms. The molecule has 0 aliphatic heterocycles. The van der Waals surface area contributed by atoms with Crippen LogP contribution in [0.2, 0.25) is 0 Å². The van der Waals surface area contributed by atoms with Crippen LogP contribution in [0.25, 0.3) is 0 Å². The highest BCUT2D eigenvalue weighted by Gasteiger charge is 2.32. The van der Waals surface area contributed by atoms with Crippen molar-refractivity contribution >= 4 is 15.9 Å². The summed E-state index contributed by atoms with van der Waals surface area (Å²) in [4.78, 5) is 15.1. The van der Waals surface area contributed by atoms with E-state index >= 15 is 0 Å². The lowest BCUT2D eigenvalue weighted by molar-refractivity contribution is -0.132. The molecule has 5 nitrogen and oxygen atoms in total. The third kappa shape index (κ3) is 5.00. The summed E-state index contributed by atoms with van der Waals surface area (Å²) < 4.78 is 27.2. The van der Waals surface area contributed by atoms with Gasteiger partial charge in [-0.3, -0.25) is 4.79 Å². The highest BCUT2D eigenvalue weighted by molar-refractivity contribution is 7.89. The van der Waals surface area contributed by atoms with Gasteiger partial charge in [0.15, 0.2) is 0 Å². The number of sulfonamides is 1. The van der Waals surface area contributed by atoms with Crippen LogP contribution in [0.1, 0.15) is 43.2 Å². The maximum atomic E-state index is 12.8. The largest absolute Gasteiger partial charge is 0.335 e. The molecule has 2 aliphatic rings. The van der Waals surface area contributed by atoms with E-state index in [0.29, 0.717) is 25.4 Å². The zero-order valence-electron chi connectivity index (χ0n) is 15.9. The lowest BCUT2D eigenvalue weighted by Crippen LogP contribution is -2.32. The predicted molar refractivity (Wildman–Crippen MR) is 108 cm³/mol. The normalized spacial score (nSPS) is 16.7. The van der Waals surface area contributed by atoms with Crippen LogP contribution in [0.4, 0.5) is 0 Å². The van der Waals surface area contributed by atoms with Crippen LogP contribution in [0, 0.1) is 0 Å². The molecule has 0 unspecified atom stereocenters. The zero-order valence-corrected chi connectivity index (χ0v) is 16.7. The highest BCUT2D eigenvalue weighted by atomic mass is 32.2. The summed E-state index contributed by atoms with van der Waals surface area (Å²) in [6, 6.07) is 17.4. The molecular weight excluding hydrogens is 372 g/mol. The summed E-state index contributed by atoms with van der Waals surface area (Å²) in [6.45, 7) is 0.661. The Labute approximate surface area is 166 Å². The van der Waals surface area contributed by atoms with E-state index in [0.717, 1.165) is 36.8 Å². The third-order valence-electron chi connectivity index (χ3n) is 5.26. The quantitative estimate of drug-likeness (QED) is 0.705. The molecule has 0 saturated heterocycles. The molecule has 2 aliphatic carbocycles. The van der Waals surface area contributed by atoms with E-state index in [2.05, 4.69) is 16.9 Å². The van der Waals surface area contributed by atoms with Gasteiger partial charge in [-0.1, -0.05) is 42.5 Å². The standard InChI is InChI=1S/C22H26N2O3S/c25-22(24(20-11-12-20)16-18-4-2-1-3-5-18)15-8-17-6-13-21(14-7-17)28(26,27)23-19-9-10-19/h1-7,13-14,19-20,23H,8-12,15-16H2. The lowest BCUT2D eigenvalue weighted by atomic mass is 10.1. The molecule has 0 aromatic heterocycles. The molecule has 1 N–H and O–H groups in total. The molecule has 28 heavy (non-hydrogen) atoms. The van der Waals surface area contributed by atoms with Gasteiger partial charge in [-0.05, 0) is 55.4 Å². The molecule has 2 fully saturated rings. The highest BCUT2D eigenvalue weighted by Crippen LogP contribution is 2.29. The smallest absolute Gasteiger partial charge is 0.240 e. The van der Waals surface area contributed by atoms with Crippen molar-refractivity contribution < 1.29 is 13.2 Å². The number of carbonyl (C=O) groups is 1. The molecule has 0 radical (unpaired) electrons. The number of hydrogen-bond acceptors (Lipinski definition) is 3. The van der Waals surface area contributed by atoms with E-state index in [1.807, 2.05) is 35.2 Å². The number of benzene rings is 2. The van der Waals surface area contributed by atoms with Gasteiger partial charge in [0.1, 0.15) is 0 Å². The van der Waals surface area contributed by atoms with Crippen LogP contribution in [0.15, 0.2) is 59.5 Å². The second-order valence-corrected chi connectivity index (χ2v) is 9.49. The topological polar surface area (TPSA) is 66.5 Å². The van der Waals surface area contributed by atoms with E-state index in [9.17, 15) is 13.2 Å². The Morgan fingerprint density at radius 1 is 0.929 bits per heavy atom. The van der Waals surface area contributed by atoms with Crippen LogP contribution in [0.5, 0.6) is 0 Å². The van der Waals surface area contributed by atoms with Crippen molar-refractivity contribution in [2.45, 2.75) is 62.0 Å². The van der Waals surface area contributed by atoms with Crippen molar-refractivity contribution in [3.05, 3.63) is 65.7 Å². The maximum Gasteiger partial charge on any atom is 0.240 e. The van der Waals surface area contributed by atoms with E-state index in [1.165, 1.54) is 0 Å². The monoisotopic (exact) mass is 398 g/mol. The fourth-order valence-electron chi connectivity index (χ4n) is 3.31.